The lowest BCUT2D eigenvalue weighted by Crippen LogP contribution is -2.36. The van der Waals surface area contributed by atoms with Crippen LogP contribution >= 0.6 is 0 Å². The number of carboxylic acids is 1. The molecule has 0 saturated heterocycles. The van der Waals surface area contributed by atoms with Gasteiger partial charge in [0.05, 0.1) is 12.5 Å². The van der Waals surface area contributed by atoms with Crippen LogP contribution in [0, 0.1) is 6.92 Å². The Morgan fingerprint density at radius 2 is 1.90 bits per heavy atom. The molecule has 10 heteroatoms. The number of aryl methyl sites for hydroxylation is 2. The fourth-order valence-corrected chi connectivity index (χ4v) is 3.12. The number of hydrogen-bond acceptors (Lipinski definition) is 6. The van der Waals surface area contributed by atoms with Crippen LogP contribution in [0.3, 0.4) is 0 Å². The molecule has 0 bridgehead atoms. The van der Waals surface area contributed by atoms with Gasteiger partial charge in [-0.25, -0.2) is 14.8 Å². The molecule has 1 unspecified atom stereocenters. The lowest BCUT2D eigenvalue weighted by Gasteiger charge is -2.19. The van der Waals surface area contributed by atoms with Gasteiger partial charge in [-0.2, -0.15) is 0 Å². The Morgan fingerprint density at radius 3 is 2.58 bits per heavy atom. The standard InChI is InChI=1S/C21H21N5O5/c1-12-10-26(2)20(30)18(19(12)29)25-21(31)24-16(7-17(27)28)14-5-3-4-13(6-14)15-8-22-11-23-9-15/h3-6,8-11,16,29H,7H2,1-2H3,(H,27,28)(H2,24,25,31). The average Bonchev–Trinajstić information content (AvgIpc) is 2.75. The van der Waals surface area contributed by atoms with E-state index in [9.17, 15) is 24.6 Å². The van der Waals surface area contributed by atoms with Crippen molar-refractivity contribution in [3.8, 4) is 16.9 Å². The molecule has 0 aliphatic heterocycles. The molecule has 3 rings (SSSR count). The van der Waals surface area contributed by atoms with E-state index < -0.39 is 23.6 Å². The Bertz CT molecular complexity index is 1180. The van der Waals surface area contributed by atoms with E-state index >= 15 is 0 Å². The lowest BCUT2D eigenvalue weighted by atomic mass is 9.99. The minimum atomic E-state index is -1.12. The third kappa shape index (κ3) is 5.04. The first kappa shape index (κ1) is 21.5. The normalized spacial score (nSPS) is 11.5. The number of rotatable bonds is 6. The van der Waals surface area contributed by atoms with Crippen molar-refractivity contribution in [2.75, 3.05) is 5.32 Å². The lowest BCUT2D eigenvalue weighted by molar-refractivity contribution is -0.137. The Morgan fingerprint density at radius 1 is 1.19 bits per heavy atom. The molecule has 3 aromatic rings. The van der Waals surface area contributed by atoms with Crippen molar-refractivity contribution >= 4 is 17.7 Å². The van der Waals surface area contributed by atoms with E-state index in [1.165, 1.54) is 24.1 Å². The number of aromatic nitrogens is 3. The molecule has 10 nitrogen and oxygen atoms in total. The maximum Gasteiger partial charge on any atom is 0.319 e. The van der Waals surface area contributed by atoms with Gasteiger partial charge in [0.15, 0.2) is 5.69 Å². The number of pyridine rings is 1. The van der Waals surface area contributed by atoms with E-state index in [4.69, 9.17) is 0 Å². The summed E-state index contributed by atoms with van der Waals surface area (Å²) < 4.78 is 1.23. The number of nitrogens with zero attached hydrogens (tertiary/aromatic N) is 3. The van der Waals surface area contributed by atoms with Gasteiger partial charge in [-0.3, -0.25) is 9.59 Å². The first-order valence-electron chi connectivity index (χ1n) is 9.30. The van der Waals surface area contributed by atoms with E-state index in [-0.39, 0.29) is 17.9 Å². The summed E-state index contributed by atoms with van der Waals surface area (Å²) in [5.41, 5.74) is 1.54. The van der Waals surface area contributed by atoms with Crippen molar-refractivity contribution in [1.29, 1.82) is 0 Å². The Kier molecular flexibility index (Phi) is 6.29. The van der Waals surface area contributed by atoms with Gasteiger partial charge < -0.3 is 25.4 Å². The van der Waals surface area contributed by atoms with E-state index in [1.54, 1.807) is 37.5 Å². The molecule has 2 aromatic heterocycles. The van der Waals surface area contributed by atoms with Crippen molar-refractivity contribution in [3.63, 3.8) is 0 Å². The first-order valence-corrected chi connectivity index (χ1v) is 9.30. The number of aromatic hydroxyl groups is 1. The topological polar surface area (TPSA) is 146 Å². The highest BCUT2D eigenvalue weighted by atomic mass is 16.4. The highest BCUT2D eigenvalue weighted by Crippen LogP contribution is 2.25. The minimum absolute atomic E-state index is 0.288. The molecule has 2 amide bonds. The SMILES string of the molecule is Cc1cn(C)c(=O)c(NC(=O)NC(CC(=O)O)c2cccc(-c3cncnc3)c2)c1O. The highest BCUT2D eigenvalue weighted by molar-refractivity contribution is 5.91. The van der Waals surface area contributed by atoms with E-state index in [0.717, 1.165) is 11.1 Å². The van der Waals surface area contributed by atoms with Crippen LogP contribution in [0.2, 0.25) is 0 Å². The van der Waals surface area contributed by atoms with Gasteiger partial charge in [0.25, 0.3) is 5.56 Å². The molecule has 0 aliphatic rings. The van der Waals surface area contributed by atoms with Crippen molar-refractivity contribution in [2.45, 2.75) is 19.4 Å². The van der Waals surface area contributed by atoms with Crippen molar-refractivity contribution in [2.24, 2.45) is 7.05 Å². The fraction of sp³-hybridized carbons (Fsp3) is 0.190. The van der Waals surface area contributed by atoms with Gasteiger partial charge in [-0.1, -0.05) is 18.2 Å². The van der Waals surface area contributed by atoms with Gasteiger partial charge in [0.2, 0.25) is 0 Å². The average molecular weight is 423 g/mol. The van der Waals surface area contributed by atoms with Gasteiger partial charge in [-0.15, -0.1) is 0 Å². The number of amides is 2. The first-order chi connectivity index (χ1) is 14.8. The summed E-state index contributed by atoms with van der Waals surface area (Å²) in [7, 11) is 1.49. The number of urea groups is 1. The maximum atomic E-state index is 12.6. The van der Waals surface area contributed by atoms with E-state index in [2.05, 4.69) is 20.6 Å². The van der Waals surface area contributed by atoms with Crippen LogP contribution in [0.4, 0.5) is 10.5 Å². The number of carbonyl (C=O) groups is 2. The summed E-state index contributed by atoms with van der Waals surface area (Å²) in [6.07, 6.45) is 5.69. The predicted molar refractivity (Wildman–Crippen MR) is 113 cm³/mol. The number of carboxylic acid groups (broad SMARTS) is 1. The quantitative estimate of drug-likeness (QED) is 0.475. The molecule has 4 N–H and O–H groups in total. The summed E-state index contributed by atoms with van der Waals surface area (Å²) in [5, 5.41) is 24.4. The second kappa shape index (κ2) is 9.08. The Balaban J connectivity index is 1.87. The van der Waals surface area contributed by atoms with Gasteiger partial charge in [0.1, 0.15) is 12.1 Å². The van der Waals surface area contributed by atoms with Crippen LogP contribution in [0.5, 0.6) is 5.75 Å². The number of hydrogen-bond donors (Lipinski definition) is 4. The molecular formula is C21H21N5O5. The largest absolute Gasteiger partial charge is 0.505 e. The summed E-state index contributed by atoms with van der Waals surface area (Å²) >= 11 is 0. The summed E-state index contributed by atoms with van der Waals surface area (Å²) in [4.78, 5) is 44.2. The van der Waals surface area contributed by atoms with E-state index in [1.807, 2.05) is 6.07 Å². The maximum absolute atomic E-state index is 12.6. The molecular weight excluding hydrogens is 402 g/mol. The Hall–Kier alpha value is -4.21. The van der Waals surface area contributed by atoms with Crippen LogP contribution < -0.4 is 16.2 Å². The van der Waals surface area contributed by atoms with Crippen molar-refractivity contribution < 1.29 is 19.8 Å². The second-order valence-corrected chi connectivity index (χ2v) is 6.95. The monoisotopic (exact) mass is 423 g/mol. The third-order valence-electron chi connectivity index (χ3n) is 4.64. The van der Waals surface area contributed by atoms with Crippen LogP contribution in [-0.2, 0) is 11.8 Å². The van der Waals surface area contributed by atoms with Crippen LogP contribution in [0.1, 0.15) is 23.6 Å². The molecule has 0 aliphatic carbocycles. The second-order valence-electron chi connectivity index (χ2n) is 6.95. The van der Waals surface area contributed by atoms with Crippen LogP contribution in [0.15, 0.2) is 54.0 Å². The minimum Gasteiger partial charge on any atom is -0.505 e. The third-order valence-corrected chi connectivity index (χ3v) is 4.64. The molecule has 1 aromatic carbocycles. The zero-order valence-corrected chi connectivity index (χ0v) is 16.9. The van der Waals surface area contributed by atoms with Crippen LogP contribution in [0.25, 0.3) is 11.1 Å². The number of anilines is 1. The zero-order chi connectivity index (χ0) is 22.5. The number of carbonyl (C=O) groups excluding carboxylic acids is 1. The van der Waals surface area contributed by atoms with Gasteiger partial charge >= 0.3 is 12.0 Å². The molecule has 0 spiro atoms. The molecule has 0 saturated carbocycles. The molecule has 1 atom stereocenters. The van der Waals surface area contributed by atoms with Gasteiger partial charge in [0, 0.05) is 36.8 Å². The summed E-state index contributed by atoms with van der Waals surface area (Å²) in [5.74, 6) is -1.47. The number of nitrogens with one attached hydrogen (secondary N) is 2. The fourth-order valence-electron chi connectivity index (χ4n) is 3.12. The van der Waals surface area contributed by atoms with Gasteiger partial charge in [-0.05, 0) is 24.1 Å². The van der Waals surface area contributed by atoms with Crippen molar-refractivity contribution in [1.82, 2.24) is 19.9 Å². The summed E-state index contributed by atoms with van der Waals surface area (Å²) in [6.45, 7) is 1.59. The van der Waals surface area contributed by atoms with E-state index in [0.29, 0.717) is 11.1 Å². The molecule has 2 heterocycles. The smallest absolute Gasteiger partial charge is 0.319 e. The molecule has 31 heavy (non-hydrogen) atoms. The molecule has 160 valence electrons. The number of aliphatic carboxylic acids is 1. The highest BCUT2D eigenvalue weighted by Gasteiger charge is 2.21. The van der Waals surface area contributed by atoms with Crippen molar-refractivity contribution in [3.05, 3.63) is 70.7 Å². The zero-order valence-electron chi connectivity index (χ0n) is 16.9. The summed E-state index contributed by atoms with van der Waals surface area (Å²) in [6, 6.07) is 5.25. The molecule has 0 fully saturated rings. The molecule has 0 radical (unpaired) electrons. The predicted octanol–water partition coefficient (Wildman–Crippen LogP) is 2.19. The number of benzene rings is 1. The van der Waals surface area contributed by atoms with Crippen LogP contribution in [-0.4, -0.2) is 36.7 Å². The Labute approximate surface area is 177 Å².